The Balaban J connectivity index is 2.20. The molecule has 20 heavy (non-hydrogen) atoms. The molecule has 4 nitrogen and oxygen atoms in total. The Morgan fingerprint density at radius 1 is 1.30 bits per heavy atom. The second-order valence-corrected chi connectivity index (χ2v) is 5.11. The SMILES string of the molecule is CCNCc1cccc(OCC)c1OC1CCCC1O. The summed E-state index contributed by atoms with van der Waals surface area (Å²) in [6.07, 6.45) is 2.27. The van der Waals surface area contributed by atoms with Gasteiger partial charge in [-0.2, -0.15) is 0 Å². The van der Waals surface area contributed by atoms with Gasteiger partial charge in [0.1, 0.15) is 6.10 Å². The molecular weight excluding hydrogens is 254 g/mol. The zero-order valence-corrected chi connectivity index (χ0v) is 12.4. The van der Waals surface area contributed by atoms with Gasteiger partial charge < -0.3 is 19.9 Å². The zero-order chi connectivity index (χ0) is 14.4. The Morgan fingerprint density at radius 2 is 2.15 bits per heavy atom. The Morgan fingerprint density at radius 3 is 2.80 bits per heavy atom. The maximum Gasteiger partial charge on any atom is 0.166 e. The zero-order valence-electron chi connectivity index (χ0n) is 12.4. The third kappa shape index (κ3) is 3.64. The summed E-state index contributed by atoms with van der Waals surface area (Å²) in [5.41, 5.74) is 1.08. The Bertz CT molecular complexity index is 422. The fourth-order valence-corrected chi connectivity index (χ4v) is 2.56. The van der Waals surface area contributed by atoms with Crippen LogP contribution in [0, 0.1) is 0 Å². The summed E-state index contributed by atoms with van der Waals surface area (Å²) in [7, 11) is 0. The minimum Gasteiger partial charge on any atom is -0.490 e. The molecule has 0 saturated heterocycles. The van der Waals surface area contributed by atoms with E-state index in [1.165, 1.54) is 0 Å². The van der Waals surface area contributed by atoms with Gasteiger partial charge >= 0.3 is 0 Å². The molecule has 0 bridgehead atoms. The van der Waals surface area contributed by atoms with Crippen LogP contribution in [0.15, 0.2) is 18.2 Å². The van der Waals surface area contributed by atoms with Crippen LogP contribution in [0.5, 0.6) is 11.5 Å². The average molecular weight is 279 g/mol. The fraction of sp³-hybridized carbons (Fsp3) is 0.625. The third-order valence-corrected chi connectivity index (χ3v) is 3.61. The summed E-state index contributed by atoms with van der Waals surface area (Å²) in [6, 6.07) is 5.95. The van der Waals surface area contributed by atoms with Crippen LogP contribution < -0.4 is 14.8 Å². The van der Waals surface area contributed by atoms with Crippen molar-refractivity contribution in [2.24, 2.45) is 0 Å². The van der Waals surface area contributed by atoms with Gasteiger partial charge in [-0.15, -0.1) is 0 Å². The van der Waals surface area contributed by atoms with Crippen LogP contribution in [-0.4, -0.2) is 30.5 Å². The summed E-state index contributed by atoms with van der Waals surface area (Å²) in [6.45, 7) is 6.30. The van der Waals surface area contributed by atoms with Crippen LogP contribution in [0.1, 0.15) is 38.7 Å². The maximum absolute atomic E-state index is 9.96. The number of aliphatic hydroxyl groups is 1. The largest absolute Gasteiger partial charge is 0.490 e. The molecule has 2 atom stereocenters. The van der Waals surface area contributed by atoms with Crippen LogP contribution in [0.2, 0.25) is 0 Å². The lowest BCUT2D eigenvalue weighted by molar-refractivity contribution is 0.0575. The lowest BCUT2D eigenvalue weighted by atomic mass is 10.1. The van der Waals surface area contributed by atoms with Gasteiger partial charge in [-0.05, 0) is 38.8 Å². The number of nitrogens with one attached hydrogen (secondary N) is 1. The van der Waals surface area contributed by atoms with E-state index in [-0.39, 0.29) is 12.2 Å². The molecule has 2 rings (SSSR count). The summed E-state index contributed by atoms with van der Waals surface area (Å²) in [5.74, 6) is 1.54. The maximum atomic E-state index is 9.96. The highest BCUT2D eigenvalue weighted by atomic mass is 16.5. The molecular formula is C16H25NO3. The molecule has 1 aromatic carbocycles. The predicted octanol–water partition coefficient (Wildman–Crippen LogP) is 2.49. The molecule has 0 spiro atoms. The molecule has 1 saturated carbocycles. The van der Waals surface area contributed by atoms with E-state index in [1.54, 1.807) is 0 Å². The minimum absolute atomic E-state index is 0.114. The smallest absolute Gasteiger partial charge is 0.166 e. The number of para-hydroxylation sites is 1. The van der Waals surface area contributed by atoms with Gasteiger partial charge in [0, 0.05) is 12.1 Å². The minimum atomic E-state index is -0.364. The van der Waals surface area contributed by atoms with E-state index >= 15 is 0 Å². The van der Waals surface area contributed by atoms with Gasteiger partial charge in [0.2, 0.25) is 0 Å². The second kappa shape index (κ2) is 7.50. The Labute approximate surface area is 121 Å². The number of rotatable bonds is 7. The standard InChI is InChI=1S/C16H25NO3/c1-3-17-11-12-7-5-10-15(19-4-2)16(12)20-14-9-6-8-13(14)18/h5,7,10,13-14,17-18H,3-4,6,8-9,11H2,1-2H3. The van der Waals surface area contributed by atoms with Crippen LogP contribution in [0.25, 0.3) is 0 Å². The summed E-state index contributed by atoms with van der Waals surface area (Å²) < 4.78 is 11.8. The van der Waals surface area contributed by atoms with Crippen molar-refractivity contribution in [3.05, 3.63) is 23.8 Å². The van der Waals surface area contributed by atoms with Crippen molar-refractivity contribution >= 4 is 0 Å². The van der Waals surface area contributed by atoms with Crippen LogP contribution >= 0.6 is 0 Å². The first-order chi connectivity index (χ1) is 9.76. The lowest BCUT2D eigenvalue weighted by Gasteiger charge is -2.22. The first-order valence-corrected chi connectivity index (χ1v) is 7.56. The highest BCUT2D eigenvalue weighted by molar-refractivity contribution is 5.47. The molecule has 1 fully saturated rings. The van der Waals surface area contributed by atoms with Crippen LogP contribution in [0.3, 0.4) is 0 Å². The highest BCUT2D eigenvalue weighted by Crippen LogP contribution is 2.35. The molecule has 0 heterocycles. The molecule has 0 radical (unpaired) electrons. The second-order valence-electron chi connectivity index (χ2n) is 5.11. The average Bonchev–Trinajstić information content (AvgIpc) is 2.85. The Hall–Kier alpha value is -1.26. The molecule has 1 aromatic rings. The van der Waals surface area contributed by atoms with E-state index in [2.05, 4.69) is 12.2 Å². The van der Waals surface area contributed by atoms with Gasteiger partial charge in [0.15, 0.2) is 11.5 Å². The van der Waals surface area contributed by atoms with Gasteiger partial charge in [-0.1, -0.05) is 19.1 Å². The predicted molar refractivity (Wildman–Crippen MR) is 79.3 cm³/mol. The van der Waals surface area contributed by atoms with Crippen LogP contribution in [-0.2, 0) is 6.54 Å². The number of ether oxygens (including phenoxy) is 2. The normalized spacial score (nSPS) is 21.9. The molecule has 0 aromatic heterocycles. The number of hydrogen-bond donors (Lipinski definition) is 2. The van der Waals surface area contributed by atoms with Crippen molar-refractivity contribution in [2.45, 2.75) is 51.9 Å². The Kier molecular flexibility index (Phi) is 5.68. The summed E-state index contributed by atoms with van der Waals surface area (Å²) in [4.78, 5) is 0. The van der Waals surface area contributed by atoms with Crippen molar-refractivity contribution in [1.82, 2.24) is 5.32 Å². The van der Waals surface area contributed by atoms with E-state index in [0.717, 1.165) is 49.4 Å². The van der Waals surface area contributed by atoms with E-state index in [9.17, 15) is 5.11 Å². The summed E-state index contributed by atoms with van der Waals surface area (Å²) >= 11 is 0. The first-order valence-electron chi connectivity index (χ1n) is 7.56. The number of benzene rings is 1. The quantitative estimate of drug-likeness (QED) is 0.805. The van der Waals surface area contributed by atoms with Crippen molar-refractivity contribution < 1.29 is 14.6 Å². The van der Waals surface area contributed by atoms with E-state index in [4.69, 9.17) is 9.47 Å². The molecule has 4 heteroatoms. The molecule has 2 unspecified atom stereocenters. The lowest BCUT2D eigenvalue weighted by Crippen LogP contribution is -2.26. The van der Waals surface area contributed by atoms with E-state index in [1.807, 2.05) is 25.1 Å². The topological polar surface area (TPSA) is 50.7 Å². The highest BCUT2D eigenvalue weighted by Gasteiger charge is 2.28. The number of aliphatic hydroxyl groups excluding tert-OH is 1. The van der Waals surface area contributed by atoms with Crippen LogP contribution in [0.4, 0.5) is 0 Å². The molecule has 1 aliphatic rings. The number of hydrogen-bond acceptors (Lipinski definition) is 4. The van der Waals surface area contributed by atoms with Gasteiger partial charge in [0.05, 0.1) is 12.7 Å². The monoisotopic (exact) mass is 279 g/mol. The third-order valence-electron chi connectivity index (χ3n) is 3.61. The van der Waals surface area contributed by atoms with Gasteiger partial charge in [-0.25, -0.2) is 0 Å². The molecule has 1 aliphatic carbocycles. The van der Waals surface area contributed by atoms with E-state index in [0.29, 0.717) is 6.61 Å². The molecule has 0 amide bonds. The van der Waals surface area contributed by atoms with Crippen molar-refractivity contribution in [1.29, 1.82) is 0 Å². The van der Waals surface area contributed by atoms with Crippen molar-refractivity contribution in [2.75, 3.05) is 13.2 Å². The summed E-state index contributed by atoms with van der Waals surface area (Å²) in [5, 5.41) is 13.3. The molecule has 2 N–H and O–H groups in total. The molecule has 0 aliphatic heterocycles. The van der Waals surface area contributed by atoms with Crippen molar-refractivity contribution in [3.63, 3.8) is 0 Å². The fourth-order valence-electron chi connectivity index (χ4n) is 2.56. The van der Waals surface area contributed by atoms with Gasteiger partial charge in [-0.3, -0.25) is 0 Å². The van der Waals surface area contributed by atoms with E-state index < -0.39 is 0 Å². The van der Waals surface area contributed by atoms with Crippen molar-refractivity contribution in [3.8, 4) is 11.5 Å². The molecule has 112 valence electrons. The van der Waals surface area contributed by atoms with Gasteiger partial charge in [0.25, 0.3) is 0 Å². The first kappa shape index (κ1) is 15.1.